The summed E-state index contributed by atoms with van der Waals surface area (Å²) in [6, 6.07) is 9.28. The van der Waals surface area contributed by atoms with E-state index in [1.165, 1.54) is 23.7 Å². The maximum absolute atomic E-state index is 12.5. The Morgan fingerprint density at radius 2 is 1.88 bits per heavy atom. The van der Waals surface area contributed by atoms with Gasteiger partial charge in [0.05, 0.1) is 6.20 Å². The normalized spacial score (nSPS) is 21.0. The summed E-state index contributed by atoms with van der Waals surface area (Å²) >= 11 is 0. The zero-order valence-electron chi connectivity index (χ0n) is 14.1. The first-order valence-electron chi connectivity index (χ1n) is 8.85. The van der Waals surface area contributed by atoms with Crippen molar-refractivity contribution in [1.82, 2.24) is 19.8 Å². The lowest BCUT2D eigenvalue weighted by Crippen LogP contribution is -2.53. The fourth-order valence-electron chi connectivity index (χ4n) is 3.90. The molecule has 2 aliphatic rings. The van der Waals surface area contributed by atoms with Crippen LogP contribution < -0.4 is 5.56 Å². The summed E-state index contributed by atoms with van der Waals surface area (Å²) in [7, 11) is 0. The van der Waals surface area contributed by atoms with Crippen LogP contribution >= 0.6 is 0 Å². The van der Waals surface area contributed by atoms with Crippen LogP contribution in [0.2, 0.25) is 0 Å². The average Bonchev–Trinajstić information content (AvgIpc) is 2.68. The number of aromatic nitrogens is 2. The molecular weight excluding hydrogens is 316 g/mol. The lowest BCUT2D eigenvalue weighted by atomic mass is 9.87. The van der Waals surface area contributed by atoms with E-state index in [1.807, 2.05) is 4.90 Å². The van der Waals surface area contributed by atoms with E-state index in [2.05, 4.69) is 39.1 Å². The zero-order valence-corrected chi connectivity index (χ0v) is 14.1. The van der Waals surface area contributed by atoms with Gasteiger partial charge in [0.2, 0.25) is 0 Å². The number of hydrogen-bond acceptors (Lipinski definition) is 4. The van der Waals surface area contributed by atoms with Gasteiger partial charge >= 0.3 is 0 Å². The fourth-order valence-corrected chi connectivity index (χ4v) is 3.90. The van der Waals surface area contributed by atoms with Gasteiger partial charge in [0.1, 0.15) is 5.69 Å². The molecule has 1 fully saturated rings. The fraction of sp³-hybridized carbons (Fsp3) is 0.421. The van der Waals surface area contributed by atoms with Crippen molar-refractivity contribution >= 4 is 5.91 Å². The number of rotatable bonds is 2. The Kier molecular flexibility index (Phi) is 4.36. The predicted molar refractivity (Wildman–Crippen MR) is 94.6 cm³/mol. The molecule has 0 bridgehead atoms. The van der Waals surface area contributed by atoms with Crippen molar-refractivity contribution in [3.63, 3.8) is 0 Å². The van der Waals surface area contributed by atoms with E-state index in [9.17, 15) is 9.59 Å². The van der Waals surface area contributed by atoms with E-state index >= 15 is 0 Å². The number of aryl methyl sites for hydroxylation is 1. The molecule has 1 amide bonds. The van der Waals surface area contributed by atoms with Crippen LogP contribution in [0.5, 0.6) is 0 Å². The van der Waals surface area contributed by atoms with Gasteiger partial charge in [-0.1, -0.05) is 24.3 Å². The number of aromatic amines is 1. The molecule has 1 aliphatic heterocycles. The summed E-state index contributed by atoms with van der Waals surface area (Å²) in [5.74, 6) is -0.107. The number of piperazine rings is 1. The highest BCUT2D eigenvalue weighted by atomic mass is 16.2. The van der Waals surface area contributed by atoms with E-state index in [4.69, 9.17) is 0 Å². The monoisotopic (exact) mass is 338 g/mol. The van der Waals surface area contributed by atoms with E-state index in [-0.39, 0.29) is 11.5 Å². The van der Waals surface area contributed by atoms with Crippen LogP contribution in [0.25, 0.3) is 0 Å². The number of amides is 1. The van der Waals surface area contributed by atoms with Crippen LogP contribution in [0.15, 0.2) is 41.5 Å². The summed E-state index contributed by atoms with van der Waals surface area (Å²) in [6.07, 6.45) is 5.98. The maximum atomic E-state index is 12.5. The Labute approximate surface area is 146 Å². The third-order valence-electron chi connectivity index (χ3n) is 5.33. The van der Waals surface area contributed by atoms with Gasteiger partial charge in [-0.2, -0.15) is 0 Å². The third kappa shape index (κ3) is 3.35. The van der Waals surface area contributed by atoms with Gasteiger partial charge in [-0.15, -0.1) is 0 Å². The predicted octanol–water partition coefficient (Wildman–Crippen LogP) is 1.09. The number of carbonyl (C=O) groups is 1. The maximum Gasteiger partial charge on any atom is 0.274 e. The van der Waals surface area contributed by atoms with Gasteiger partial charge in [0, 0.05) is 38.4 Å². The topological polar surface area (TPSA) is 69.3 Å². The second-order valence-electron chi connectivity index (χ2n) is 6.79. The molecule has 0 unspecified atom stereocenters. The van der Waals surface area contributed by atoms with Crippen LogP contribution in [0.1, 0.15) is 28.0 Å². The first-order chi connectivity index (χ1) is 12.2. The van der Waals surface area contributed by atoms with E-state index < -0.39 is 0 Å². The molecule has 1 aromatic heterocycles. The Morgan fingerprint density at radius 1 is 1.12 bits per heavy atom. The second kappa shape index (κ2) is 6.80. The SMILES string of the molecule is O=C(c1c[nH]c(=O)cn1)N1CCN([C@@H]2CCc3ccccc3C2)CC1. The Bertz CT molecular complexity index is 804. The largest absolute Gasteiger partial charge is 0.335 e. The second-order valence-corrected chi connectivity index (χ2v) is 6.79. The number of nitrogens with zero attached hydrogens (tertiary/aromatic N) is 3. The lowest BCUT2D eigenvalue weighted by Gasteiger charge is -2.41. The minimum absolute atomic E-state index is 0.107. The molecule has 6 heteroatoms. The summed E-state index contributed by atoms with van der Waals surface area (Å²) in [4.78, 5) is 34.4. The Hall–Kier alpha value is -2.47. The van der Waals surface area contributed by atoms with Crippen molar-refractivity contribution in [1.29, 1.82) is 0 Å². The smallest absolute Gasteiger partial charge is 0.274 e. The summed E-state index contributed by atoms with van der Waals surface area (Å²) in [5, 5.41) is 0. The van der Waals surface area contributed by atoms with E-state index in [0.29, 0.717) is 24.8 Å². The van der Waals surface area contributed by atoms with Gasteiger partial charge in [-0.25, -0.2) is 4.98 Å². The molecule has 0 radical (unpaired) electrons. The van der Waals surface area contributed by atoms with Crippen LogP contribution in [-0.4, -0.2) is 57.9 Å². The van der Waals surface area contributed by atoms with Crippen molar-refractivity contribution in [2.45, 2.75) is 25.3 Å². The van der Waals surface area contributed by atoms with Crippen LogP contribution in [0.3, 0.4) is 0 Å². The van der Waals surface area contributed by atoms with Gasteiger partial charge in [0.25, 0.3) is 11.5 Å². The van der Waals surface area contributed by atoms with Crippen molar-refractivity contribution in [2.75, 3.05) is 26.2 Å². The molecule has 2 heterocycles. The zero-order chi connectivity index (χ0) is 17.2. The van der Waals surface area contributed by atoms with Crippen molar-refractivity contribution in [3.8, 4) is 0 Å². The van der Waals surface area contributed by atoms with Crippen molar-refractivity contribution in [2.24, 2.45) is 0 Å². The number of H-pyrrole nitrogens is 1. The molecule has 0 saturated carbocycles. The van der Waals surface area contributed by atoms with Crippen molar-refractivity contribution < 1.29 is 4.79 Å². The molecular formula is C19H22N4O2. The molecule has 4 rings (SSSR count). The molecule has 1 N–H and O–H groups in total. The molecule has 25 heavy (non-hydrogen) atoms. The molecule has 0 spiro atoms. The quantitative estimate of drug-likeness (QED) is 0.890. The number of carbonyl (C=O) groups excluding carboxylic acids is 1. The van der Waals surface area contributed by atoms with Gasteiger partial charge in [0.15, 0.2) is 0 Å². The van der Waals surface area contributed by atoms with Crippen molar-refractivity contribution in [3.05, 3.63) is 63.8 Å². The van der Waals surface area contributed by atoms with Crippen LogP contribution in [-0.2, 0) is 12.8 Å². The minimum Gasteiger partial charge on any atom is -0.335 e. The van der Waals surface area contributed by atoms with Crippen LogP contribution in [0.4, 0.5) is 0 Å². The first-order valence-corrected chi connectivity index (χ1v) is 8.85. The molecule has 1 saturated heterocycles. The van der Waals surface area contributed by atoms with Crippen LogP contribution in [0, 0.1) is 0 Å². The Balaban J connectivity index is 1.36. The van der Waals surface area contributed by atoms with E-state index in [1.54, 1.807) is 0 Å². The Morgan fingerprint density at radius 3 is 2.60 bits per heavy atom. The number of fused-ring (bicyclic) bond motifs is 1. The number of hydrogen-bond donors (Lipinski definition) is 1. The summed E-state index contributed by atoms with van der Waals surface area (Å²) in [6.45, 7) is 3.19. The first kappa shape index (κ1) is 16.0. The highest BCUT2D eigenvalue weighted by molar-refractivity contribution is 5.92. The molecule has 130 valence electrons. The van der Waals surface area contributed by atoms with Gasteiger partial charge < -0.3 is 9.88 Å². The van der Waals surface area contributed by atoms with E-state index in [0.717, 1.165) is 32.1 Å². The minimum atomic E-state index is -0.293. The van der Waals surface area contributed by atoms with Gasteiger partial charge in [-0.3, -0.25) is 14.5 Å². The summed E-state index contributed by atoms with van der Waals surface area (Å²) < 4.78 is 0. The molecule has 1 aromatic carbocycles. The third-order valence-corrected chi connectivity index (χ3v) is 5.33. The average molecular weight is 338 g/mol. The number of benzene rings is 1. The number of nitrogens with one attached hydrogen (secondary N) is 1. The lowest BCUT2D eigenvalue weighted by molar-refractivity contribution is 0.0547. The molecule has 1 aliphatic carbocycles. The van der Waals surface area contributed by atoms with Gasteiger partial charge in [-0.05, 0) is 30.4 Å². The molecule has 6 nitrogen and oxygen atoms in total. The highest BCUT2D eigenvalue weighted by Gasteiger charge is 2.29. The summed E-state index contributed by atoms with van der Waals surface area (Å²) in [5.41, 5.74) is 2.96. The molecule has 1 atom stereocenters. The highest BCUT2D eigenvalue weighted by Crippen LogP contribution is 2.25. The molecule has 2 aromatic rings. The standard InChI is InChI=1S/C19H22N4O2/c24-18-13-20-17(12-21-18)19(25)23-9-7-22(8-10-23)16-6-5-14-3-1-2-4-15(14)11-16/h1-4,12-13,16H,5-11H2,(H,21,24)/t16-/m1/s1.